The number of pyridine rings is 1. The molecule has 0 radical (unpaired) electrons. The summed E-state index contributed by atoms with van der Waals surface area (Å²) >= 11 is 0. The molecule has 0 aliphatic heterocycles. The fourth-order valence-electron chi connectivity index (χ4n) is 2.26. The Hall–Kier alpha value is -0.930. The van der Waals surface area contributed by atoms with Crippen molar-refractivity contribution >= 4 is 0 Å². The molecular formula is C14H22N2O. The highest BCUT2D eigenvalue weighted by atomic mass is 16.3. The van der Waals surface area contributed by atoms with E-state index in [4.69, 9.17) is 0 Å². The number of fused-ring (bicyclic) bond motifs is 1. The summed E-state index contributed by atoms with van der Waals surface area (Å²) in [5.41, 5.74) is 2.51. The lowest BCUT2D eigenvalue weighted by atomic mass is 9.89. The quantitative estimate of drug-likeness (QED) is 0.838. The van der Waals surface area contributed by atoms with Crippen LogP contribution >= 0.6 is 0 Å². The highest BCUT2D eigenvalue weighted by molar-refractivity contribution is 5.25. The van der Waals surface area contributed by atoms with Crippen LogP contribution in [-0.2, 0) is 6.42 Å². The Labute approximate surface area is 103 Å². The van der Waals surface area contributed by atoms with Gasteiger partial charge in [-0.05, 0) is 30.9 Å². The maximum atomic E-state index is 9.26. The first kappa shape index (κ1) is 12.5. The first-order chi connectivity index (χ1) is 8.12. The van der Waals surface area contributed by atoms with Crippen molar-refractivity contribution < 1.29 is 5.11 Å². The summed E-state index contributed by atoms with van der Waals surface area (Å²) in [7, 11) is 0. The summed E-state index contributed by atoms with van der Waals surface area (Å²) in [5.74, 6) is 0. The van der Waals surface area contributed by atoms with E-state index in [1.54, 1.807) is 0 Å². The van der Waals surface area contributed by atoms with E-state index in [2.05, 4.69) is 30.2 Å². The molecule has 1 aliphatic rings. The Kier molecular flexibility index (Phi) is 3.79. The van der Waals surface area contributed by atoms with Crippen molar-refractivity contribution in [1.29, 1.82) is 0 Å². The minimum absolute atomic E-state index is 0.0631. The van der Waals surface area contributed by atoms with Crippen molar-refractivity contribution in [3.63, 3.8) is 0 Å². The molecule has 17 heavy (non-hydrogen) atoms. The van der Waals surface area contributed by atoms with E-state index in [1.807, 2.05) is 12.3 Å². The fourth-order valence-corrected chi connectivity index (χ4v) is 2.26. The molecule has 1 aromatic rings. The van der Waals surface area contributed by atoms with Gasteiger partial charge in [-0.15, -0.1) is 0 Å². The van der Waals surface area contributed by atoms with Crippen LogP contribution in [0.15, 0.2) is 18.3 Å². The van der Waals surface area contributed by atoms with Crippen LogP contribution in [0.3, 0.4) is 0 Å². The number of aryl methyl sites for hydroxylation is 1. The van der Waals surface area contributed by atoms with Gasteiger partial charge in [-0.2, -0.15) is 0 Å². The van der Waals surface area contributed by atoms with Crippen molar-refractivity contribution in [3.8, 4) is 0 Å². The molecule has 2 N–H and O–H groups in total. The fraction of sp³-hybridized carbons (Fsp3) is 0.643. The van der Waals surface area contributed by atoms with E-state index in [9.17, 15) is 5.11 Å². The normalized spacial score (nSPS) is 20.1. The number of nitrogens with zero attached hydrogens (tertiary/aromatic N) is 1. The van der Waals surface area contributed by atoms with Gasteiger partial charge in [0.15, 0.2) is 0 Å². The minimum Gasteiger partial charge on any atom is -0.396 e. The maximum Gasteiger partial charge on any atom is 0.0605 e. The summed E-state index contributed by atoms with van der Waals surface area (Å²) in [4.78, 5) is 4.50. The van der Waals surface area contributed by atoms with Gasteiger partial charge in [-0.1, -0.05) is 19.9 Å². The molecular weight excluding hydrogens is 212 g/mol. The molecule has 94 valence electrons. The largest absolute Gasteiger partial charge is 0.396 e. The van der Waals surface area contributed by atoms with Crippen molar-refractivity contribution in [2.24, 2.45) is 5.41 Å². The number of nitrogens with one attached hydrogen (secondary N) is 1. The van der Waals surface area contributed by atoms with Gasteiger partial charge in [-0.3, -0.25) is 4.98 Å². The van der Waals surface area contributed by atoms with E-state index in [-0.39, 0.29) is 12.0 Å². The van der Waals surface area contributed by atoms with Gasteiger partial charge in [0.05, 0.1) is 5.69 Å². The molecule has 3 heteroatoms. The molecule has 1 aromatic heterocycles. The van der Waals surface area contributed by atoms with Crippen LogP contribution in [0.25, 0.3) is 0 Å². The van der Waals surface area contributed by atoms with Crippen LogP contribution in [0, 0.1) is 5.41 Å². The molecule has 0 amide bonds. The summed E-state index contributed by atoms with van der Waals surface area (Å²) in [6.07, 6.45) is 5.38. The minimum atomic E-state index is -0.0631. The zero-order valence-corrected chi connectivity index (χ0v) is 10.7. The second-order valence-corrected chi connectivity index (χ2v) is 5.70. The van der Waals surface area contributed by atoms with Gasteiger partial charge in [0.25, 0.3) is 0 Å². The number of aliphatic hydroxyl groups is 1. The van der Waals surface area contributed by atoms with Crippen LogP contribution in [0.5, 0.6) is 0 Å². The molecule has 2 rings (SSSR count). The third-order valence-corrected chi connectivity index (χ3v) is 3.45. The predicted octanol–water partition coefficient (Wildman–Crippen LogP) is 2.07. The lowest BCUT2D eigenvalue weighted by molar-refractivity contribution is 0.151. The van der Waals surface area contributed by atoms with Gasteiger partial charge in [0.1, 0.15) is 0 Å². The predicted molar refractivity (Wildman–Crippen MR) is 68.8 cm³/mol. The van der Waals surface area contributed by atoms with Crippen molar-refractivity contribution in [2.45, 2.75) is 39.2 Å². The number of hydrogen-bond donors (Lipinski definition) is 2. The molecule has 1 atom stereocenters. The van der Waals surface area contributed by atoms with Crippen LogP contribution < -0.4 is 5.32 Å². The van der Waals surface area contributed by atoms with Gasteiger partial charge >= 0.3 is 0 Å². The van der Waals surface area contributed by atoms with E-state index in [1.165, 1.54) is 17.7 Å². The van der Waals surface area contributed by atoms with Crippen LogP contribution in [-0.4, -0.2) is 23.2 Å². The summed E-state index contributed by atoms with van der Waals surface area (Å²) in [5, 5.41) is 12.8. The number of hydrogen-bond acceptors (Lipinski definition) is 3. The molecule has 0 fully saturated rings. The molecule has 1 heterocycles. The molecule has 0 aromatic carbocycles. The zero-order valence-electron chi connectivity index (χ0n) is 10.7. The van der Waals surface area contributed by atoms with Gasteiger partial charge in [0, 0.05) is 30.8 Å². The van der Waals surface area contributed by atoms with Gasteiger partial charge < -0.3 is 10.4 Å². The Morgan fingerprint density at radius 2 is 2.35 bits per heavy atom. The van der Waals surface area contributed by atoms with E-state index < -0.39 is 0 Å². The zero-order chi connectivity index (χ0) is 12.3. The van der Waals surface area contributed by atoms with Crippen LogP contribution in [0.4, 0.5) is 0 Å². The monoisotopic (exact) mass is 234 g/mol. The van der Waals surface area contributed by atoms with E-state index >= 15 is 0 Å². The Balaban J connectivity index is 2.04. The summed E-state index contributed by atoms with van der Waals surface area (Å²) in [6, 6.07) is 4.54. The number of aliphatic hydroxyl groups excluding tert-OH is 1. The smallest absolute Gasteiger partial charge is 0.0605 e. The lowest BCUT2D eigenvalue weighted by Crippen LogP contribution is -2.36. The van der Waals surface area contributed by atoms with Crippen LogP contribution in [0.1, 0.15) is 44.0 Å². The molecule has 1 unspecified atom stereocenters. The van der Waals surface area contributed by atoms with Gasteiger partial charge in [-0.25, -0.2) is 0 Å². The summed E-state index contributed by atoms with van der Waals surface area (Å²) < 4.78 is 0. The average molecular weight is 234 g/mol. The van der Waals surface area contributed by atoms with E-state index in [0.717, 1.165) is 19.4 Å². The molecule has 1 aliphatic carbocycles. The maximum absolute atomic E-state index is 9.26. The molecule has 0 bridgehead atoms. The first-order valence-corrected chi connectivity index (χ1v) is 6.40. The third kappa shape index (κ3) is 3.05. The second-order valence-electron chi connectivity index (χ2n) is 5.70. The van der Waals surface area contributed by atoms with Crippen molar-refractivity contribution in [3.05, 3.63) is 29.6 Å². The highest BCUT2D eigenvalue weighted by Crippen LogP contribution is 2.28. The lowest BCUT2D eigenvalue weighted by Gasteiger charge is -2.29. The Morgan fingerprint density at radius 1 is 1.53 bits per heavy atom. The molecule has 0 saturated heterocycles. The van der Waals surface area contributed by atoms with Gasteiger partial charge in [0.2, 0.25) is 0 Å². The Morgan fingerprint density at radius 3 is 3.12 bits per heavy atom. The SMILES string of the molecule is CC(C)(CO)CNC1CCCc2cccnc21. The van der Waals surface area contributed by atoms with Crippen molar-refractivity contribution in [2.75, 3.05) is 13.2 Å². The first-order valence-electron chi connectivity index (χ1n) is 6.40. The molecule has 0 spiro atoms. The van der Waals surface area contributed by atoms with E-state index in [0.29, 0.717) is 6.04 Å². The number of rotatable bonds is 4. The third-order valence-electron chi connectivity index (χ3n) is 3.45. The highest BCUT2D eigenvalue weighted by Gasteiger charge is 2.24. The van der Waals surface area contributed by atoms with Crippen LogP contribution in [0.2, 0.25) is 0 Å². The summed E-state index contributed by atoms with van der Waals surface area (Å²) in [6.45, 7) is 5.18. The number of aromatic nitrogens is 1. The topological polar surface area (TPSA) is 45.1 Å². The second kappa shape index (κ2) is 5.15. The van der Waals surface area contributed by atoms with Crippen molar-refractivity contribution in [1.82, 2.24) is 10.3 Å². The molecule has 3 nitrogen and oxygen atoms in total. The standard InChI is InChI=1S/C14H22N2O/c1-14(2,10-17)9-16-12-7-3-5-11-6-4-8-15-13(11)12/h4,6,8,12,16-17H,3,5,7,9-10H2,1-2H3. The molecule has 0 saturated carbocycles. The Bertz CT molecular complexity index is 376. The average Bonchev–Trinajstić information content (AvgIpc) is 2.36.